The zero-order valence-electron chi connectivity index (χ0n) is 8.91. The highest BCUT2D eigenvalue weighted by molar-refractivity contribution is 5.28. The highest BCUT2D eigenvalue weighted by atomic mass is 19.1. The molecule has 0 saturated carbocycles. The summed E-state index contributed by atoms with van der Waals surface area (Å²) in [5.74, 6) is -0.265. The maximum Gasteiger partial charge on any atom is 0.122 e. The molecular weight excluding hydrogens is 187 g/mol. The molecule has 1 heteroatoms. The lowest BCUT2D eigenvalue weighted by atomic mass is 10.1. The normalized spacial score (nSPS) is 12.0. The molecule has 0 spiro atoms. The van der Waals surface area contributed by atoms with Crippen molar-refractivity contribution in [1.29, 1.82) is 0 Å². The summed E-state index contributed by atoms with van der Waals surface area (Å²) in [5.41, 5.74) is 2.45. The average molecular weight is 202 g/mol. The molecule has 0 aliphatic rings. The summed E-state index contributed by atoms with van der Waals surface area (Å²) in [6.45, 7) is 5.49. The second kappa shape index (κ2) is 5.97. The lowest BCUT2D eigenvalue weighted by Crippen LogP contribution is -1.85. The maximum absolute atomic E-state index is 12.9. The van der Waals surface area contributed by atoms with Crippen LogP contribution in [0.1, 0.15) is 11.1 Å². The summed E-state index contributed by atoms with van der Waals surface area (Å²) >= 11 is 0. The minimum atomic E-state index is -0.265. The zero-order chi connectivity index (χ0) is 11.1. The van der Waals surface area contributed by atoms with Gasteiger partial charge >= 0.3 is 0 Å². The fourth-order valence-corrected chi connectivity index (χ4v) is 1.31. The van der Waals surface area contributed by atoms with Crippen molar-refractivity contribution >= 4 is 0 Å². The van der Waals surface area contributed by atoms with Crippen LogP contribution in [0.25, 0.3) is 0 Å². The molecule has 0 aliphatic carbocycles. The van der Waals surface area contributed by atoms with Crippen molar-refractivity contribution in [1.82, 2.24) is 0 Å². The second-order valence-corrected chi connectivity index (χ2v) is 3.32. The van der Waals surface area contributed by atoms with E-state index < -0.39 is 0 Å². The van der Waals surface area contributed by atoms with Gasteiger partial charge in [-0.2, -0.15) is 0 Å². The molecule has 1 rings (SSSR count). The van der Waals surface area contributed by atoms with Crippen LogP contribution in [0.4, 0.5) is 4.39 Å². The predicted molar refractivity (Wildman–Crippen MR) is 63.4 cm³/mol. The standard InChI is InChI=1S/C14H15F/c1-3-7-14(15)11-6-10-13-9-5-4-8-12(13)2/h3-9,11H,1,10H2,2H3/b11-6-,14-7+. The minimum absolute atomic E-state index is 0.265. The Morgan fingerprint density at radius 1 is 1.40 bits per heavy atom. The van der Waals surface area contributed by atoms with Gasteiger partial charge in [-0.1, -0.05) is 43.0 Å². The van der Waals surface area contributed by atoms with Gasteiger partial charge in [0.05, 0.1) is 0 Å². The molecule has 0 N–H and O–H groups in total. The van der Waals surface area contributed by atoms with Crippen LogP contribution in [0.2, 0.25) is 0 Å². The maximum atomic E-state index is 12.9. The third kappa shape index (κ3) is 3.94. The summed E-state index contributed by atoms with van der Waals surface area (Å²) in [4.78, 5) is 0. The molecule has 0 amide bonds. The highest BCUT2D eigenvalue weighted by Crippen LogP contribution is 2.09. The monoisotopic (exact) mass is 202 g/mol. The molecule has 0 radical (unpaired) electrons. The average Bonchev–Trinajstić information content (AvgIpc) is 2.21. The van der Waals surface area contributed by atoms with E-state index >= 15 is 0 Å². The fraction of sp³-hybridized carbons (Fsp3) is 0.143. The van der Waals surface area contributed by atoms with Crippen LogP contribution in [0.5, 0.6) is 0 Å². The molecule has 0 unspecified atom stereocenters. The van der Waals surface area contributed by atoms with Gasteiger partial charge in [0, 0.05) is 0 Å². The molecule has 0 nitrogen and oxygen atoms in total. The number of allylic oxidation sites excluding steroid dienone is 5. The number of halogens is 1. The van der Waals surface area contributed by atoms with Crippen molar-refractivity contribution in [2.45, 2.75) is 13.3 Å². The second-order valence-electron chi connectivity index (χ2n) is 3.32. The number of aryl methyl sites for hydroxylation is 1. The van der Waals surface area contributed by atoms with Gasteiger partial charge in [0.15, 0.2) is 0 Å². The van der Waals surface area contributed by atoms with E-state index in [0.29, 0.717) is 0 Å². The third-order valence-electron chi connectivity index (χ3n) is 2.15. The molecule has 0 aromatic heterocycles. The summed E-state index contributed by atoms with van der Waals surface area (Å²) in [7, 11) is 0. The van der Waals surface area contributed by atoms with E-state index in [1.807, 2.05) is 18.2 Å². The molecule has 15 heavy (non-hydrogen) atoms. The van der Waals surface area contributed by atoms with Gasteiger partial charge in [-0.25, -0.2) is 4.39 Å². The minimum Gasteiger partial charge on any atom is -0.207 e. The Bertz CT molecular complexity index is 386. The Balaban J connectivity index is 2.61. The van der Waals surface area contributed by atoms with Crippen LogP contribution >= 0.6 is 0 Å². The molecule has 0 saturated heterocycles. The SMILES string of the molecule is C=C/C=C(F)\C=C/Cc1ccccc1C. The van der Waals surface area contributed by atoms with Crippen molar-refractivity contribution in [3.05, 3.63) is 72.1 Å². The quantitative estimate of drug-likeness (QED) is 0.644. The van der Waals surface area contributed by atoms with Crippen LogP contribution in [0, 0.1) is 6.92 Å². The van der Waals surface area contributed by atoms with Crippen LogP contribution in [0.3, 0.4) is 0 Å². The number of hydrogen-bond acceptors (Lipinski definition) is 0. The Morgan fingerprint density at radius 2 is 2.13 bits per heavy atom. The summed E-state index contributed by atoms with van der Waals surface area (Å²) < 4.78 is 12.9. The molecule has 0 atom stereocenters. The van der Waals surface area contributed by atoms with Gasteiger partial charge in [0.1, 0.15) is 5.83 Å². The first-order valence-electron chi connectivity index (χ1n) is 4.93. The smallest absolute Gasteiger partial charge is 0.122 e. The first-order valence-corrected chi connectivity index (χ1v) is 4.93. The van der Waals surface area contributed by atoms with E-state index in [4.69, 9.17) is 0 Å². The summed E-state index contributed by atoms with van der Waals surface area (Å²) in [6, 6.07) is 8.10. The van der Waals surface area contributed by atoms with Crippen molar-refractivity contribution in [2.75, 3.05) is 0 Å². The van der Waals surface area contributed by atoms with E-state index in [9.17, 15) is 4.39 Å². The van der Waals surface area contributed by atoms with Gasteiger partial charge in [-0.15, -0.1) is 0 Å². The van der Waals surface area contributed by atoms with Crippen molar-refractivity contribution < 1.29 is 4.39 Å². The Morgan fingerprint density at radius 3 is 2.80 bits per heavy atom. The van der Waals surface area contributed by atoms with Crippen molar-refractivity contribution in [2.24, 2.45) is 0 Å². The first-order chi connectivity index (χ1) is 7.24. The molecule has 0 aliphatic heterocycles. The lowest BCUT2D eigenvalue weighted by Gasteiger charge is -2.00. The van der Waals surface area contributed by atoms with Gasteiger partial charge in [-0.3, -0.25) is 0 Å². The van der Waals surface area contributed by atoms with Crippen molar-refractivity contribution in [3.8, 4) is 0 Å². The van der Waals surface area contributed by atoms with Crippen LogP contribution < -0.4 is 0 Å². The highest BCUT2D eigenvalue weighted by Gasteiger charge is 1.93. The summed E-state index contributed by atoms with van der Waals surface area (Å²) in [6.07, 6.45) is 6.82. The van der Waals surface area contributed by atoms with Gasteiger partial charge in [0.2, 0.25) is 0 Å². The van der Waals surface area contributed by atoms with Crippen LogP contribution in [-0.4, -0.2) is 0 Å². The Hall–Kier alpha value is -1.63. The molecule has 78 valence electrons. The molecular formula is C14H15F. The first kappa shape index (κ1) is 11.4. The van der Waals surface area contributed by atoms with Crippen LogP contribution in [-0.2, 0) is 6.42 Å². The largest absolute Gasteiger partial charge is 0.207 e. The molecule has 0 heterocycles. The van der Waals surface area contributed by atoms with E-state index in [1.165, 1.54) is 29.4 Å². The number of benzene rings is 1. The fourth-order valence-electron chi connectivity index (χ4n) is 1.31. The molecule has 0 bridgehead atoms. The Labute approximate surface area is 90.4 Å². The number of hydrogen-bond donors (Lipinski definition) is 0. The molecule has 1 aromatic rings. The zero-order valence-corrected chi connectivity index (χ0v) is 8.91. The van der Waals surface area contributed by atoms with Gasteiger partial charge in [-0.05, 0) is 36.6 Å². The van der Waals surface area contributed by atoms with Gasteiger partial charge < -0.3 is 0 Å². The van der Waals surface area contributed by atoms with Gasteiger partial charge in [0.25, 0.3) is 0 Å². The summed E-state index contributed by atoms with van der Waals surface area (Å²) in [5, 5.41) is 0. The van der Waals surface area contributed by atoms with Crippen molar-refractivity contribution in [3.63, 3.8) is 0 Å². The predicted octanol–water partition coefficient (Wildman–Crippen LogP) is 4.13. The molecule has 1 aromatic carbocycles. The van der Waals surface area contributed by atoms with E-state index in [2.05, 4.69) is 25.6 Å². The van der Waals surface area contributed by atoms with Crippen LogP contribution in [0.15, 0.2) is 61.0 Å². The Kier molecular flexibility index (Phi) is 4.55. The topological polar surface area (TPSA) is 0 Å². The van der Waals surface area contributed by atoms with E-state index in [-0.39, 0.29) is 5.83 Å². The number of rotatable bonds is 4. The third-order valence-corrected chi connectivity index (χ3v) is 2.15. The van der Waals surface area contributed by atoms with E-state index in [1.54, 1.807) is 0 Å². The lowest BCUT2D eigenvalue weighted by molar-refractivity contribution is 0.666. The molecule has 0 fully saturated rings. The van der Waals surface area contributed by atoms with E-state index in [0.717, 1.165) is 6.42 Å².